The number of hydrogen-bond donors (Lipinski definition) is 1. The van der Waals surface area contributed by atoms with Crippen LogP contribution in [0.2, 0.25) is 5.02 Å². The van der Waals surface area contributed by atoms with Gasteiger partial charge in [-0.25, -0.2) is 4.98 Å². The zero-order chi connectivity index (χ0) is 12.5. The molecule has 0 fully saturated rings. The number of fused-ring (bicyclic) bond motifs is 1. The molecule has 2 aromatic carbocycles. The van der Waals surface area contributed by atoms with Crippen LogP contribution >= 0.6 is 22.9 Å². The maximum atomic E-state index is 5.96. The van der Waals surface area contributed by atoms with E-state index in [2.05, 4.69) is 23.3 Å². The quantitative estimate of drug-likeness (QED) is 0.711. The van der Waals surface area contributed by atoms with Crippen molar-refractivity contribution < 1.29 is 0 Å². The van der Waals surface area contributed by atoms with E-state index >= 15 is 0 Å². The Hall–Kier alpha value is -1.58. The predicted octanol–water partition coefficient (Wildman–Crippen LogP) is 5.00. The fraction of sp³-hybridized carbons (Fsp3) is 0.0714. The molecule has 0 aliphatic carbocycles. The first-order valence-electron chi connectivity index (χ1n) is 5.61. The summed E-state index contributed by atoms with van der Waals surface area (Å²) >= 11 is 7.59. The maximum Gasteiger partial charge on any atom is 0.188 e. The molecule has 3 aromatic rings. The van der Waals surface area contributed by atoms with Gasteiger partial charge in [-0.2, -0.15) is 0 Å². The summed E-state index contributed by atoms with van der Waals surface area (Å²) in [4.78, 5) is 4.53. The Labute approximate surface area is 114 Å². The van der Waals surface area contributed by atoms with Crippen LogP contribution in [0.3, 0.4) is 0 Å². The van der Waals surface area contributed by atoms with E-state index in [1.807, 2.05) is 36.4 Å². The molecular weight excluding hydrogens is 264 g/mol. The van der Waals surface area contributed by atoms with Crippen molar-refractivity contribution in [2.75, 3.05) is 5.32 Å². The van der Waals surface area contributed by atoms with Crippen LogP contribution < -0.4 is 5.32 Å². The molecule has 4 heteroatoms. The van der Waals surface area contributed by atoms with E-state index in [-0.39, 0.29) is 0 Å². The number of anilines is 2. The van der Waals surface area contributed by atoms with E-state index in [9.17, 15) is 0 Å². The third-order valence-corrected chi connectivity index (χ3v) is 3.92. The fourth-order valence-electron chi connectivity index (χ4n) is 1.78. The van der Waals surface area contributed by atoms with Crippen LogP contribution in [-0.4, -0.2) is 4.98 Å². The predicted molar refractivity (Wildman–Crippen MR) is 79.1 cm³/mol. The van der Waals surface area contributed by atoms with Gasteiger partial charge >= 0.3 is 0 Å². The number of para-hydroxylation sites is 1. The molecule has 0 saturated heterocycles. The molecular formula is C14H11ClN2S. The summed E-state index contributed by atoms with van der Waals surface area (Å²) in [6, 6.07) is 13.9. The molecule has 90 valence electrons. The van der Waals surface area contributed by atoms with E-state index in [4.69, 9.17) is 11.6 Å². The molecule has 0 unspecified atom stereocenters. The van der Waals surface area contributed by atoms with Crippen molar-refractivity contribution in [1.29, 1.82) is 0 Å². The van der Waals surface area contributed by atoms with Gasteiger partial charge in [-0.15, -0.1) is 0 Å². The van der Waals surface area contributed by atoms with Crippen LogP contribution in [0.1, 0.15) is 5.56 Å². The Kier molecular flexibility index (Phi) is 2.94. The molecule has 0 saturated carbocycles. The Morgan fingerprint density at radius 2 is 2.00 bits per heavy atom. The third kappa shape index (κ3) is 2.19. The largest absolute Gasteiger partial charge is 0.331 e. The Bertz CT molecular complexity index is 706. The normalized spacial score (nSPS) is 10.8. The van der Waals surface area contributed by atoms with E-state index in [0.717, 1.165) is 26.1 Å². The van der Waals surface area contributed by atoms with E-state index in [1.54, 1.807) is 11.3 Å². The van der Waals surface area contributed by atoms with Crippen molar-refractivity contribution in [2.24, 2.45) is 0 Å². The molecule has 1 heterocycles. The fourth-order valence-corrected chi connectivity index (χ4v) is 2.81. The molecule has 18 heavy (non-hydrogen) atoms. The highest BCUT2D eigenvalue weighted by molar-refractivity contribution is 7.22. The summed E-state index contributed by atoms with van der Waals surface area (Å²) in [6.45, 7) is 2.08. The number of thiazole rings is 1. The van der Waals surface area contributed by atoms with Gasteiger partial charge in [-0.1, -0.05) is 41.1 Å². The number of nitrogens with zero attached hydrogens (tertiary/aromatic N) is 1. The Morgan fingerprint density at radius 1 is 1.17 bits per heavy atom. The van der Waals surface area contributed by atoms with Gasteiger partial charge in [0, 0.05) is 10.7 Å². The van der Waals surface area contributed by atoms with Crippen molar-refractivity contribution in [3.63, 3.8) is 0 Å². The minimum Gasteiger partial charge on any atom is -0.331 e. The highest BCUT2D eigenvalue weighted by Crippen LogP contribution is 2.30. The summed E-state index contributed by atoms with van der Waals surface area (Å²) in [6.07, 6.45) is 0. The summed E-state index contributed by atoms with van der Waals surface area (Å²) < 4.78 is 1.13. The number of halogens is 1. The summed E-state index contributed by atoms with van der Waals surface area (Å²) in [5.41, 5.74) is 3.22. The highest BCUT2D eigenvalue weighted by atomic mass is 35.5. The van der Waals surface area contributed by atoms with Gasteiger partial charge in [0.15, 0.2) is 5.13 Å². The van der Waals surface area contributed by atoms with Crippen LogP contribution in [0.15, 0.2) is 42.5 Å². The van der Waals surface area contributed by atoms with Crippen molar-refractivity contribution in [2.45, 2.75) is 6.92 Å². The second-order valence-corrected chi connectivity index (χ2v) is 5.54. The smallest absolute Gasteiger partial charge is 0.188 e. The summed E-state index contributed by atoms with van der Waals surface area (Å²) in [5.74, 6) is 0. The van der Waals surface area contributed by atoms with Gasteiger partial charge in [0.25, 0.3) is 0 Å². The number of hydrogen-bond acceptors (Lipinski definition) is 3. The van der Waals surface area contributed by atoms with Gasteiger partial charge in [0.1, 0.15) is 0 Å². The number of aromatic nitrogens is 1. The average Bonchev–Trinajstić information content (AvgIpc) is 2.73. The van der Waals surface area contributed by atoms with Crippen LogP contribution in [0.5, 0.6) is 0 Å². The second kappa shape index (κ2) is 4.59. The number of aryl methyl sites for hydroxylation is 1. The monoisotopic (exact) mass is 274 g/mol. The zero-order valence-corrected chi connectivity index (χ0v) is 11.3. The van der Waals surface area contributed by atoms with E-state index in [0.29, 0.717) is 0 Å². The first kappa shape index (κ1) is 11.5. The number of rotatable bonds is 2. The Morgan fingerprint density at radius 3 is 2.83 bits per heavy atom. The SMILES string of the molecule is Cc1ccccc1Nc1nc2cc(Cl)ccc2s1. The van der Waals surface area contributed by atoms with Crippen molar-refractivity contribution in [3.8, 4) is 0 Å². The lowest BCUT2D eigenvalue weighted by Gasteiger charge is -2.04. The average molecular weight is 275 g/mol. The molecule has 0 radical (unpaired) electrons. The standard InChI is InChI=1S/C14H11ClN2S/c1-9-4-2-3-5-11(9)16-14-17-12-8-10(15)6-7-13(12)18-14/h2-8H,1H3,(H,16,17). The molecule has 2 nitrogen and oxygen atoms in total. The van der Waals surface area contributed by atoms with Crippen LogP contribution in [0.25, 0.3) is 10.2 Å². The van der Waals surface area contributed by atoms with Gasteiger partial charge in [0.05, 0.1) is 10.2 Å². The third-order valence-electron chi connectivity index (χ3n) is 2.74. The molecule has 1 N–H and O–H groups in total. The molecule has 0 bridgehead atoms. The Balaban J connectivity index is 1.98. The number of nitrogens with one attached hydrogen (secondary N) is 1. The first-order chi connectivity index (χ1) is 8.72. The lowest BCUT2D eigenvalue weighted by molar-refractivity contribution is 1.40. The molecule has 0 aliphatic rings. The summed E-state index contributed by atoms with van der Waals surface area (Å²) in [5, 5.41) is 4.95. The second-order valence-electron chi connectivity index (χ2n) is 4.07. The molecule has 3 rings (SSSR count). The molecule has 0 amide bonds. The van der Waals surface area contributed by atoms with Gasteiger partial charge < -0.3 is 5.32 Å². The topological polar surface area (TPSA) is 24.9 Å². The minimum atomic E-state index is 0.718. The van der Waals surface area contributed by atoms with Crippen LogP contribution in [0, 0.1) is 6.92 Å². The lowest BCUT2D eigenvalue weighted by atomic mass is 10.2. The van der Waals surface area contributed by atoms with Gasteiger partial charge in [-0.05, 0) is 36.8 Å². The lowest BCUT2D eigenvalue weighted by Crippen LogP contribution is -1.91. The van der Waals surface area contributed by atoms with Crippen LogP contribution in [0.4, 0.5) is 10.8 Å². The van der Waals surface area contributed by atoms with Crippen LogP contribution in [-0.2, 0) is 0 Å². The minimum absolute atomic E-state index is 0.718. The first-order valence-corrected chi connectivity index (χ1v) is 6.80. The van der Waals surface area contributed by atoms with Crippen molar-refractivity contribution in [1.82, 2.24) is 4.98 Å². The zero-order valence-electron chi connectivity index (χ0n) is 9.77. The molecule has 0 atom stereocenters. The van der Waals surface area contributed by atoms with Crippen molar-refractivity contribution >= 4 is 44.0 Å². The van der Waals surface area contributed by atoms with E-state index in [1.165, 1.54) is 5.56 Å². The highest BCUT2D eigenvalue weighted by Gasteiger charge is 2.05. The van der Waals surface area contributed by atoms with E-state index < -0.39 is 0 Å². The maximum absolute atomic E-state index is 5.96. The molecule has 0 spiro atoms. The molecule has 0 aliphatic heterocycles. The molecule has 1 aromatic heterocycles. The van der Waals surface area contributed by atoms with Crippen molar-refractivity contribution in [3.05, 3.63) is 53.1 Å². The number of benzene rings is 2. The van der Waals surface area contributed by atoms with Gasteiger partial charge in [-0.3, -0.25) is 0 Å². The summed E-state index contributed by atoms with van der Waals surface area (Å²) in [7, 11) is 0. The van der Waals surface area contributed by atoms with Gasteiger partial charge in [0.2, 0.25) is 0 Å².